The van der Waals surface area contributed by atoms with Gasteiger partial charge in [-0.15, -0.1) is 0 Å². The minimum absolute atomic E-state index is 0.0527. The lowest BCUT2D eigenvalue weighted by atomic mass is 9.77. The molecular weight excluding hydrogens is 310 g/mol. The van der Waals surface area contributed by atoms with E-state index < -0.39 is 11.6 Å². The number of halogens is 2. The van der Waals surface area contributed by atoms with Crippen LogP contribution in [0.3, 0.4) is 0 Å². The average molecular weight is 326 g/mol. The fourth-order valence-electron chi connectivity index (χ4n) is 2.96. The van der Waals surface area contributed by atoms with Crippen LogP contribution in [0.1, 0.15) is 12.5 Å². The summed E-state index contributed by atoms with van der Waals surface area (Å²) in [6.07, 6.45) is 1.41. The standard InChI is InChI=1S/C18H16F2N4/c1-18(8-21-9-18)11-5-6-14-12(7-11)17(23-10-22-14)24-15-4-2-3-13(19)16(15)20/h2-7,10,21H,8-9H2,1H3,(H,22,23,24). The average Bonchev–Trinajstić information content (AvgIpc) is 2.57. The van der Waals surface area contributed by atoms with E-state index in [1.807, 2.05) is 12.1 Å². The van der Waals surface area contributed by atoms with Crippen molar-refractivity contribution in [3.8, 4) is 0 Å². The van der Waals surface area contributed by atoms with Crippen LogP contribution in [0.2, 0.25) is 0 Å². The summed E-state index contributed by atoms with van der Waals surface area (Å²) in [6.45, 7) is 4.01. The van der Waals surface area contributed by atoms with Crippen molar-refractivity contribution in [2.24, 2.45) is 0 Å². The Balaban J connectivity index is 1.80. The van der Waals surface area contributed by atoms with Crippen LogP contribution >= 0.6 is 0 Å². The normalized spacial score (nSPS) is 16.0. The third-order valence-electron chi connectivity index (χ3n) is 4.57. The summed E-state index contributed by atoms with van der Waals surface area (Å²) >= 11 is 0. The SMILES string of the molecule is CC1(c2ccc3ncnc(Nc4cccc(F)c4F)c3c2)CNC1. The van der Waals surface area contributed by atoms with E-state index >= 15 is 0 Å². The van der Waals surface area contributed by atoms with Crippen LogP contribution in [-0.4, -0.2) is 23.1 Å². The molecule has 2 N–H and O–H groups in total. The number of fused-ring (bicyclic) bond motifs is 1. The lowest BCUT2D eigenvalue weighted by molar-refractivity contribution is 0.306. The van der Waals surface area contributed by atoms with Gasteiger partial charge in [-0.25, -0.2) is 18.7 Å². The van der Waals surface area contributed by atoms with E-state index in [0.29, 0.717) is 5.82 Å². The summed E-state index contributed by atoms with van der Waals surface area (Å²) < 4.78 is 27.3. The molecule has 0 saturated carbocycles. The van der Waals surface area contributed by atoms with Gasteiger partial charge >= 0.3 is 0 Å². The second-order valence-corrected chi connectivity index (χ2v) is 6.34. The monoisotopic (exact) mass is 326 g/mol. The number of nitrogens with zero attached hydrogens (tertiary/aromatic N) is 2. The maximum Gasteiger partial charge on any atom is 0.182 e. The van der Waals surface area contributed by atoms with Gasteiger partial charge in [0.25, 0.3) is 0 Å². The lowest BCUT2D eigenvalue weighted by Crippen LogP contribution is -2.54. The number of nitrogens with one attached hydrogen (secondary N) is 2. The van der Waals surface area contributed by atoms with Crippen molar-refractivity contribution in [2.75, 3.05) is 18.4 Å². The summed E-state index contributed by atoms with van der Waals surface area (Å²) in [5.41, 5.74) is 2.05. The molecule has 6 heteroatoms. The van der Waals surface area contributed by atoms with Gasteiger partial charge in [-0.1, -0.05) is 19.1 Å². The fraction of sp³-hybridized carbons (Fsp3) is 0.222. The van der Waals surface area contributed by atoms with Crippen molar-refractivity contribution in [1.82, 2.24) is 15.3 Å². The molecule has 0 atom stereocenters. The first-order valence-corrected chi connectivity index (χ1v) is 7.74. The minimum atomic E-state index is -0.921. The van der Waals surface area contributed by atoms with E-state index in [2.05, 4.69) is 33.6 Å². The predicted octanol–water partition coefficient (Wildman–Crippen LogP) is 3.51. The number of hydrogen-bond donors (Lipinski definition) is 2. The van der Waals surface area contributed by atoms with Crippen LogP contribution in [0.4, 0.5) is 20.3 Å². The Bertz CT molecular complexity index is 922. The molecule has 4 rings (SSSR count). The summed E-state index contributed by atoms with van der Waals surface area (Å²) in [5, 5.41) is 6.95. The molecule has 0 amide bonds. The zero-order valence-electron chi connectivity index (χ0n) is 13.1. The second-order valence-electron chi connectivity index (χ2n) is 6.34. The fourth-order valence-corrected chi connectivity index (χ4v) is 2.96. The van der Waals surface area contributed by atoms with Gasteiger partial charge in [0, 0.05) is 23.9 Å². The van der Waals surface area contributed by atoms with E-state index in [-0.39, 0.29) is 11.1 Å². The number of hydrogen-bond acceptors (Lipinski definition) is 4. The Morgan fingerprint density at radius 3 is 2.71 bits per heavy atom. The van der Waals surface area contributed by atoms with Crippen LogP contribution in [-0.2, 0) is 5.41 Å². The molecular formula is C18H16F2N4. The van der Waals surface area contributed by atoms with Crippen molar-refractivity contribution < 1.29 is 8.78 Å². The molecule has 3 aromatic rings. The largest absolute Gasteiger partial charge is 0.337 e. The summed E-state index contributed by atoms with van der Waals surface area (Å²) in [4.78, 5) is 8.47. The molecule has 0 bridgehead atoms. The molecule has 122 valence electrons. The van der Waals surface area contributed by atoms with Gasteiger partial charge in [0.15, 0.2) is 11.6 Å². The number of aromatic nitrogens is 2. The van der Waals surface area contributed by atoms with Crippen molar-refractivity contribution in [3.63, 3.8) is 0 Å². The van der Waals surface area contributed by atoms with Gasteiger partial charge in [0.05, 0.1) is 11.2 Å². The van der Waals surface area contributed by atoms with Crippen molar-refractivity contribution in [3.05, 3.63) is 59.9 Å². The van der Waals surface area contributed by atoms with Crippen LogP contribution in [0.15, 0.2) is 42.7 Å². The van der Waals surface area contributed by atoms with Gasteiger partial charge in [-0.05, 0) is 29.8 Å². The second kappa shape index (κ2) is 5.49. The van der Waals surface area contributed by atoms with Gasteiger partial charge in [0.2, 0.25) is 0 Å². The first-order valence-electron chi connectivity index (χ1n) is 7.74. The highest BCUT2D eigenvalue weighted by Crippen LogP contribution is 2.32. The Morgan fingerprint density at radius 1 is 1.12 bits per heavy atom. The maximum atomic E-state index is 13.9. The lowest BCUT2D eigenvalue weighted by Gasteiger charge is -2.40. The Labute approximate surface area is 137 Å². The highest BCUT2D eigenvalue weighted by molar-refractivity contribution is 5.91. The minimum Gasteiger partial charge on any atom is -0.337 e. The zero-order valence-corrected chi connectivity index (χ0v) is 13.1. The summed E-state index contributed by atoms with van der Waals surface area (Å²) in [5.74, 6) is -1.36. The van der Waals surface area contributed by atoms with Gasteiger partial charge in [-0.3, -0.25) is 0 Å². The first kappa shape index (κ1) is 15.0. The molecule has 1 aliphatic heterocycles. The molecule has 0 aliphatic carbocycles. The van der Waals surface area contributed by atoms with Crippen LogP contribution in [0.25, 0.3) is 10.9 Å². The van der Waals surface area contributed by atoms with Crippen molar-refractivity contribution in [2.45, 2.75) is 12.3 Å². The number of rotatable bonds is 3. The molecule has 2 heterocycles. The molecule has 1 aliphatic rings. The van der Waals surface area contributed by atoms with Crippen LogP contribution in [0, 0.1) is 11.6 Å². The van der Waals surface area contributed by atoms with Crippen LogP contribution < -0.4 is 10.6 Å². The third-order valence-corrected chi connectivity index (χ3v) is 4.57. The Morgan fingerprint density at radius 2 is 1.96 bits per heavy atom. The van der Waals surface area contributed by atoms with Crippen molar-refractivity contribution in [1.29, 1.82) is 0 Å². The topological polar surface area (TPSA) is 49.8 Å². The molecule has 1 aromatic heterocycles. The molecule has 2 aromatic carbocycles. The van der Waals surface area contributed by atoms with E-state index in [9.17, 15) is 8.78 Å². The number of benzene rings is 2. The van der Waals surface area contributed by atoms with Crippen LogP contribution in [0.5, 0.6) is 0 Å². The Hall–Kier alpha value is -2.60. The third kappa shape index (κ3) is 2.39. The van der Waals surface area contributed by atoms with Gasteiger partial charge < -0.3 is 10.6 Å². The van der Waals surface area contributed by atoms with E-state index in [0.717, 1.165) is 30.1 Å². The first-order chi connectivity index (χ1) is 11.6. The molecule has 0 spiro atoms. The van der Waals surface area contributed by atoms with E-state index in [1.54, 1.807) is 0 Å². The predicted molar refractivity (Wildman–Crippen MR) is 89.4 cm³/mol. The summed E-state index contributed by atoms with van der Waals surface area (Å²) in [7, 11) is 0. The highest BCUT2D eigenvalue weighted by Gasteiger charge is 2.33. The molecule has 4 nitrogen and oxygen atoms in total. The maximum absolute atomic E-state index is 13.9. The number of anilines is 2. The van der Waals surface area contributed by atoms with E-state index in [4.69, 9.17) is 0 Å². The van der Waals surface area contributed by atoms with Gasteiger partial charge in [-0.2, -0.15) is 0 Å². The van der Waals surface area contributed by atoms with Crippen molar-refractivity contribution >= 4 is 22.4 Å². The molecule has 0 unspecified atom stereocenters. The molecule has 0 radical (unpaired) electrons. The quantitative estimate of drug-likeness (QED) is 0.773. The van der Waals surface area contributed by atoms with E-state index in [1.165, 1.54) is 24.0 Å². The van der Waals surface area contributed by atoms with Gasteiger partial charge in [0.1, 0.15) is 12.1 Å². The highest BCUT2D eigenvalue weighted by atomic mass is 19.2. The smallest absolute Gasteiger partial charge is 0.182 e. The molecule has 1 fully saturated rings. The zero-order chi connectivity index (χ0) is 16.7. The molecule has 24 heavy (non-hydrogen) atoms. The Kier molecular flexibility index (Phi) is 3.42. The summed E-state index contributed by atoms with van der Waals surface area (Å²) in [6, 6.07) is 10.0. The molecule has 1 saturated heterocycles.